The summed E-state index contributed by atoms with van der Waals surface area (Å²) in [7, 11) is 0. The quantitative estimate of drug-likeness (QED) is 0.412. The molecule has 2 aromatic carbocycles. The summed E-state index contributed by atoms with van der Waals surface area (Å²) in [6.07, 6.45) is 1.57. The summed E-state index contributed by atoms with van der Waals surface area (Å²) in [4.78, 5) is 32.6. The Morgan fingerprint density at radius 1 is 1.09 bits per heavy atom. The fourth-order valence-corrected chi connectivity index (χ4v) is 4.14. The van der Waals surface area contributed by atoms with Crippen molar-refractivity contribution in [2.75, 3.05) is 23.3 Å². The van der Waals surface area contributed by atoms with Crippen molar-refractivity contribution in [3.8, 4) is 5.69 Å². The van der Waals surface area contributed by atoms with E-state index in [4.69, 9.17) is 0 Å². The fourth-order valence-electron chi connectivity index (χ4n) is 4.14. The van der Waals surface area contributed by atoms with Gasteiger partial charge in [-0.25, -0.2) is 14.1 Å². The smallest absolute Gasteiger partial charge is 0.264 e. The molecule has 2 aromatic heterocycles. The minimum absolute atomic E-state index is 0.122. The molecule has 0 saturated carbocycles. The van der Waals surface area contributed by atoms with E-state index in [9.17, 15) is 14.0 Å². The lowest BCUT2D eigenvalue weighted by atomic mass is 10.1. The number of aromatic nitrogens is 4. The Labute approximate surface area is 203 Å². The van der Waals surface area contributed by atoms with Crippen LogP contribution in [0.3, 0.4) is 0 Å². The standard InChI is InChI=1S/C26H29FN6O2/c1-5-31(6-2)21-11-12-23(17(3)15-21)30-24(34)13-14-32-18(4)29-25-22(26(32)35)16-28-33(25)20-9-7-19(27)8-10-20/h7-12,15-16H,5-6,13-14H2,1-4H3,(H,30,34). The predicted octanol–water partition coefficient (Wildman–Crippen LogP) is 4.21. The molecule has 8 nitrogen and oxygen atoms in total. The maximum atomic E-state index is 13.3. The third kappa shape index (κ3) is 4.94. The fraction of sp³-hybridized carbons (Fsp3) is 0.308. The largest absolute Gasteiger partial charge is 0.372 e. The van der Waals surface area contributed by atoms with E-state index in [0.717, 1.165) is 30.0 Å². The molecule has 182 valence electrons. The van der Waals surface area contributed by atoms with E-state index in [1.165, 1.54) is 27.6 Å². The van der Waals surface area contributed by atoms with Gasteiger partial charge in [0.25, 0.3) is 5.56 Å². The van der Waals surface area contributed by atoms with Gasteiger partial charge in [-0.15, -0.1) is 0 Å². The average Bonchev–Trinajstić information content (AvgIpc) is 3.26. The first-order valence-corrected chi connectivity index (χ1v) is 11.7. The molecular formula is C26H29FN6O2. The molecule has 1 N–H and O–H groups in total. The molecule has 0 spiro atoms. The van der Waals surface area contributed by atoms with Crippen molar-refractivity contribution < 1.29 is 9.18 Å². The van der Waals surface area contributed by atoms with Crippen molar-refractivity contribution in [1.29, 1.82) is 0 Å². The topological polar surface area (TPSA) is 85.1 Å². The predicted molar refractivity (Wildman–Crippen MR) is 136 cm³/mol. The number of carbonyl (C=O) groups excluding carboxylic acids is 1. The van der Waals surface area contributed by atoms with E-state index in [0.29, 0.717) is 22.5 Å². The van der Waals surface area contributed by atoms with Crippen LogP contribution < -0.4 is 15.8 Å². The number of halogens is 1. The van der Waals surface area contributed by atoms with Crippen molar-refractivity contribution in [2.24, 2.45) is 0 Å². The van der Waals surface area contributed by atoms with Crippen LogP contribution >= 0.6 is 0 Å². The summed E-state index contributed by atoms with van der Waals surface area (Å²) < 4.78 is 16.3. The zero-order chi connectivity index (χ0) is 25.1. The highest BCUT2D eigenvalue weighted by atomic mass is 19.1. The van der Waals surface area contributed by atoms with E-state index in [2.05, 4.69) is 40.2 Å². The van der Waals surface area contributed by atoms with Crippen molar-refractivity contribution in [3.05, 3.63) is 76.2 Å². The number of amides is 1. The number of nitrogens with one attached hydrogen (secondary N) is 1. The number of nitrogens with zero attached hydrogens (tertiary/aromatic N) is 5. The van der Waals surface area contributed by atoms with Crippen LogP contribution in [-0.2, 0) is 11.3 Å². The number of fused-ring (bicyclic) bond motifs is 1. The maximum Gasteiger partial charge on any atom is 0.264 e. The monoisotopic (exact) mass is 476 g/mol. The van der Waals surface area contributed by atoms with Crippen LogP contribution in [0.1, 0.15) is 31.7 Å². The summed E-state index contributed by atoms with van der Waals surface area (Å²) in [6.45, 7) is 9.92. The van der Waals surface area contributed by atoms with Crippen molar-refractivity contribution >= 4 is 28.3 Å². The van der Waals surface area contributed by atoms with Gasteiger partial charge in [0.1, 0.15) is 17.0 Å². The molecule has 0 bridgehead atoms. The van der Waals surface area contributed by atoms with E-state index < -0.39 is 0 Å². The Morgan fingerprint density at radius 3 is 2.46 bits per heavy atom. The normalized spacial score (nSPS) is 11.1. The molecule has 9 heteroatoms. The van der Waals surface area contributed by atoms with E-state index in [1.807, 2.05) is 19.1 Å². The molecule has 1 amide bonds. The Hall–Kier alpha value is -4.01. The molecular weight excluding hydrogens is 447 g/mol. The Balaban J connectivity index is 1.50. The van der Waals surface area contributed by atoms with Gasteiger partial charge in [0.15, 0.2) is 5.65 Å². The van der Waals surface area contributed by atoms with E-state index in [1.54, 1.807) is 19.1 Å². The lowest BCUT2D eigenvalue weighted by Gasteiger charge is -2.22. The Bertz CT molecular complexity index is 1420. The minimum Gasteiger partial charge on any atom is -0.372 e. The molecule has 0 unspecified atom stereocenters. The summed E-state index contributed by atoms with van der Waals surface area (Å²) in [5, 5.41) is 7.55. The highest BCUT2D eigenvalue weighted by Crippen LogP contribution is 2.23. The van der Waals surface area contributed by atoms with Crippen molar-refractivity contribution in [3.63, 3.8) is 0 Å². The van der Waals surface area contributed by atoms with Gasteiger partial charge in [0, 0.05) is 37.4 Å². The molecule has 2 heterocycles. The number of carbonyl (C=O) groups is 1. The molecule has 0 saturated heterocycles. The van der Waals surface area contributed by atoms with Crippen LogP contribution in [0, 0.1) is 19.7 Å². The summed E-state index contributed by atoms with van der Waals surface area (Å²) in [6, 6.07) is 11.8. The van der Waals surface area contributed by atoms with Crippen LogP contribution in [0.2, 0.25) is 0 Å². The summed E-state index contributed by atoms with van der Waals surface area (Å²) >= 11 is 0. The number of aryl methyl sites for hydroxylation is 2. The second-order valence-corrected chi connectivity index (χ2v) is 8.36. The second kappa shape index (κ2) is 10.1. The number of anilines is 2. The first-order chi connectivity index (χ1) is 16.8. The lowest BCUT2D eigenvalue weighted by Crippen LogP contribution is -2.26. The maximum absolute atomic E-state index is 13.3. The number of rotatable bonds is 8. The molecule has 0 aliphatic heterocycles. The van der Waals surface area contributed by atoms with Crippen LogP contribution in [-0.4, -0.2) is 38.3 Å². The van der Waals surface area contributed by atoms with Gasteiger partial charge in [0.05, 0.1) is 11.9 Å². The molecule has 4 aromatic rings. The van der Waals surface area contributed by atoms with E-state index >= 15 is 0 Å². The van der Waals surface area contributed by atoms with Gasteiger partial charge in [-0.05, 0) is 75.7 Å². The van der Waals surface area contributed by atoms with Crippen molar-refractivity contribution in [2.45, 2.75) is 40.7 Å². The number of benzene rings is 2. The Morgan fingerprint density at radius 2 is 1.80 bits per heavy atom. The second-order valence-electron chi connectivity index (χ2n) is 8.36. The molecule has 4 rings (SSSR count). The van der Waals surface area contributed by atoms with Crippen molar-refractivity contribution in [1.82, 2.24) is 19.3 Å². The lowest BCUT2D eigenvalue weighted by molar-refractivity contribution is -0.116. The minimum atomic E-state index is -0.356. The van der Waals surface area contributed by atoms with Crippen LogP contribution in [0.5, 0.6) is 0 Å². The van der Waals surface area contributed by atoms with Gasteiger partial charge < -0.3 is 10.2 Å². The zero-order valence-corrected chi connectivity index (χ0v) is 20.4. The SMILES string of the molecule is CCN(CC)c1ccc(NC(=O)CCn2c(C)nc3c(cnn3-c3ccc(F)cc3)c2=O)c(C)c1. The average molecular weight is 477 g/mol. The van der Waals surface area contributed by atoms with Gasteiger partial charge in [-0.2, -0.15) is 5.10 Å². The first kappa shape index (κ1) is 24.1. The summed E-state index contributed by atoms with van der Waals surface area (Å²) in [5.74, 6) is -0.0685. The van der Waals surface area contributed by atoms with Crippen LogP contribution in [0.15, 0.2) is 53.5 Å². The van der Waals surface area contributed by atoms with Crippen LogP contribution in [0.4, 0.5) is 15.8 Å². The third-order valence-electron chi connectivity index (χ3n) is 6.12. The summed E-state index contributed by atoms with van der Waals surface area (Å²) in [5.41, 5.74) is 3.58. The first-order valence-electron chi connectivity index (χ1n) is 11.7. The number of hydrogen-bond donors (Lipinski definition) is 1. The molecule has 35 heavy (non-hydrogen) atoms. The molecule has 0 fully saturated rings. The number of hydrogen-bond acceptors (Lipinski definition) is 5. The molecule has 0 radical (unpaired) electrons. The molecule has 0 aliphatic carbocycles. The Kier molecular flexibility index (Phi) is 6.95. The molecule has 0 aliphatic rings. The van der Waals surface area contributed by atoms with Gasteiger partial charge in [-0.1, -0.05) is 0 Å². The van der Waals surface area contributed by atoms with Gasteiger partial charge in [0.2, 0.25) is 5.91 Å². The van der Waals surface area contributed by atoms with Gasteiger partial charge in [-0.3, -0.25) is 14.2 Å². The van der Waals surface area contributed by atoms with Gasteiger partial charge >= 0.3 is 0 Å². The third-order valence-corrected chi connectivity index (χ3v) is 6.12. The highest BCUT2D eigenvalue weighted by Gasteiger charge is 2.15. The molecule has 0 atom stereocenters. The highest BCUT2D eigenvalue weighted by molar-refractivity contribution is 5.91. The van der Waals surface area contributed by atoms with Crippen LogP contribution in [0.25, 0.3) is 16.7 Å². The zero-order valence-electron chi connectivity index (χ0n) is 20.4. The van der Waals surface area contributed by atoms with E-state index in [-0.39, 0.29) is 30.2 Å².